The number of rotatable bonds is 16. The van der Waals surface area contributed by atoms with E-state index in [-0.39, 0.29) is 36.7 Å². The van der Waals surface area contributed by atoms with E-state index in [4.69, 9.17) is 9.66 Å². The standard InChI is InChI=1S/C16H32O5S.Na.H/c17-16(18)14-12-10-8-6-4-2-1-3-5-7-9-11-13-15-22(19,20)21;;/h1-15H2,(H,17,18)(H,19,20,21);;/q;+1;-1. The molecule has 0 aliphatic heterocycles. The Balaban J connectivity index is -0.00000220. The van der Waals surface area contributed by atoms with Crippen molar-refractivity contribution >= 4 is 16.1 Å². The first-order valence-corrected chi connectivity index (χ1v) is 10.2. The molecule has 0 fully saturated rings. The molecule has 0 amide bonds. The van der Waals surface area contributed by atoms with Crippen LogP contribution in [-0.2, 0) is 14.9 Å². The van der Waals surface area contributed by atoms with Crippen molar-refractivity contribution in [3.05, 3.63) is 0 Å². The fourth-order valence-electron chi connectivity index (χ4n) is 2.51. The van der Waals surface area contributed by atoms with Gasteiger partial charge in [0.1, 0.15) is 0 Å². The fourth-order valence-corrected chi connectivity index (χ4v) is 3.07. The van der Waals surface area contributed by atoms with Crippen molar-refractivity contribution in [2.45, 2.75) is 89.9 Å². The quantitative estimate of drug-likeness (QED) is 0.247. The number of carbonyl (C=O) groups is 1. The third kappa shape index (κ3) is 24.7. The number of hydrogen-bond acceptors (Lipinski definition) is 3. The van der Waals surface area contributed by atoms with Crippen LogP contribution in [0.3, 0.4) is 0 Å². The monoisotopic (exact) mass is 360 g/mol. The molecule has 0 saturated carbocycles. The van der Waals surface area contributed by atoms with E-state index >= 15 is 0 Å². The molecule has 23 heavy (non-hydrogen) atoms. The number of carboxylic acid groups (broad SMARTS) is 1. The number of carboxylic acids is 1. The molecule has 0 atom stereocenters. The van der Waals surface area contributed by atoms with Gasteiger partial charge in [-0.2, -0.15) is 8.42 Å². The van der Waals surface area contributed by atoms with Crippen molar-refractivity contribution < 1.29 is 53.9 Å². The van der Waals surface area contributed by atoms with Crippen molar-refractivity contribution in [2.24, 2.45) is 0 Å². The van der Waals surface area contributed by atoms with Gasteiger partial charge in [-0.1, -0.05) is 70.6 Å². The maximum Gasteiger partial charge on any atom is 1.00 e. The Labute approximate surface area is 165 Å². The molecule has 5 nitrogen and oxygen atoms in total. The number of hydrogen-bond donors (Lipinski definition) is 2. The summed E-state index contributed by atoms with van der Waals surface area (Å²) in [5.74, 6) is -0.808. The zero-order chi connectivity index (χ0) is 16.7. The minimum atomic E-state index is -3.77. The Morgan fingerprint density at radius 2 is 1.00 bits per heavy atom. The first-order chi connectivity index (χ1) is 10.4. The van der Waals surface area contributed by atoms with Crippen LogP contribution in [0.25, 0.3) is 0 Å². The van der Waals surface area contributed by atoms with Gasteiger partial charge in [0.15, 0.2) is 0 Å². The predicted octanol–water partition coefficient (Wildman–Crippen LogP) is 1.54. The molecule has 0 unspecified atom stereocenters. The Morgan fingerprint density at radius 1 is 0.696 bits per heavy atom. The second kappa shape index (κ2) is 17.2. The van der Waals surface area contributed by atoms with Gasteiger partial charge in [-0.15, -0.1) is 0 Å². The maximum atomic E-state index is 10.5. The third-order valence-electron chi connectivity index (χ3n) is 3.79. The first kappa shape index (κ1) is 25.6. The normalized spacial score (nSPS) is 11.2. The van der Waals surface area contributed by atoms with Crippen molar-refractivity contribution in [3.8, 4) is 0 Å². The van der Waals surface area contributed by atoms with Crippen molar-refractivity contribution in [3.63, 3.8) is 0 Å². The van der Waals surface area contributed by atoms with Crippen LogP contribution in [0.2, 0.25) is 0 Å². The SMILES string of the molecule is O=C(O)CCCCCCCCCCCCCCCS(=O)(=O)O.[H-].[Na+]. The molecule has 2 N–H and O–H groups in total. The van der Waals surface area contributed by atoms with Crippen molar-refractivity contribution in [2.75, 3.05) is 5.75 Å². The van der Waals surface area contributed by atoms with Crippen LogP contribution in [-0.4, -0.2) is 29.8 Å². The van der Waals surface area contributed by atoms with Gasteiger partial charge >= 0.3 is 35.5 Å². The van der Waals surface area contributed by atoms with Gasteiger partial charge in [0.25, 0.3) is 10.1 Å². The number of aliphatic carboxylic acids is 1. The molecule has 0 heterocycles. The van der Waals surface area contributed by atoms with E-state index in [0.717, 1.165) is 38.5 Å². The molecule has 0 radical (unpaired) electrons. The van der Waals surface area contributed by atoms with Gasteiger partial charge < -0.3 is 6.53 Å². The summed E-state index contributed by atoms with van der Waals surface area (Å²) in [5.41, 5.74) is 0. The van der Waals surface area contributed by atoms with Crippen LogP contribution >= 0.6 is 0 Å². The van der Waals surface area contributed by atoms with Crippen LogP contribution in [0, 0.1) is 0 Å². The molecule has 0 aromatic heterocycles. The first-order valence-electron chi connectivity index (χ1n) is 8.59. The Morgan fingerprint density at radius 3 is 1.30 bits per heavy atom. The third-order valence-corrected chi connectivity index (χ3v) is 4.60. The van der Waals surface area contributed by atoms with Gasteiger partial charge in [-0.05, 0) is 12.8 Å². The van der Waals surface area contributed by atoms with Crippen molar-refractivity contribution in [1.82, 2.24) is 0 Å². The summed E-state index contributed by atoms with van der Waals surface area (Å²) in [6.45, 7) is 0. The molecule has 0 saturated heterocycles. The largest absolute Gasteiger partial charge is 1.00 e. The summed E-state index contributed by atoms with van der Waals surface area (Å²) in [7, 11) is -3.77. The molecule has 7 heteroatoms. The summed E-state index contributed by atoms with van der Waals surface area (Å²) < 4.78 is 29.6. The number of unbranched alkanes of at least 4 members (excludes halogenated alkanes) is 12. The molecule has 0 aromatic carbocycles. The topological polar surface area (TPSA) is 91.7 Å². The average Bonchev–Trinajstić information content (AvgIpc) is 2.41. The van der Waals surface area contributed by atoms with E-state index in [0.29, 0.717) is 12.8 Å². The van der Waals surface area contributed by atoms with E-state index < -0.39 is 16.1 Å². The van der Waals surface area contributed by atoms with Crippen LogP contribution < -0.4 is 29.6 Å². The summed E-state index contributed by atoms with van der Waals surface area (Å²) in [6.07, 6.45) is 14.2. The summed E-state index contributed by atoms with van der Waals surface area (Å²) >= 11 is 0. The molecule has 0 aliphatic carbocycles. The summed E-state index contributed by atoms with van der Waals surface area (Å²) in [5, 5.41) is 8.50. The zero-order valence-corrected chi connectivity index (χ0v) is 17.5. The molecule has 0 aromatic rings. The van der Waals surface area contributed by atoms with Gasteiger partial charge in [-0.3, -0.25) is 9.35 Å². The summed E-state index contributed by atoms with van der Waals surface area (Å²) in [4.78, 5) is 10.3. The van der Waals surface area contributed by atoms with Gasteiger partial charge in [0, 0.05) is 6.42 Å². The molecular formula is C16H33NaO5S. The summed E-state index contributed by atoms with van der Waals surface area (Å²) in [6, 6.07) is 0. The Kier molecular flexibility index (Phi) is 19.2. The van der Waals surface area contributed by atoms with Gasteiger partial charge in [0.2, 0.25) is 0 Å². The van der Waals surface area contributed by atoms with Crippen LogP contribution in [0.15, 0.2) is 0 Å². The molecular weight excluding hydrogens is 327 g/mol. The average molecular weight is 360 g/mol. The minimum Gasteiger partial charge on any atom is -1.00 e. The van der Waals surface area contributed by atoms with Crippen LogP contribution in [0.1, 0.15) is 91.3 Å². The predicted molar refractivity (Wildman–Crippen MR) is 89.8 cm³/mol. The molecule has 134 valence electrons. The smallest absolute Gasteiger partial charge is 1.00 e. The maximum absolute atomic E-state index is 10.5. The second-order valence-corrected chi connectivity index (χ2v) is 7.60. The van der Waals surface area contributed by atoms with E-state index in [1.807, 2.05) is 0 Å². The van der Waals surface area contributed by atoms with Crippen LogP contribution in [0.5, 0.6) is 0 Å². The fraction of sp³-hybridized carbons (Fsp3) is 0.938. The zero-order valence-electron chi connectivity index (χ0n) is 15.6. The van der Waals surface area contributed by atoms with Crippen LogP contribution in [0.4, 0.5) is 0 Å². The molecule has 0 spiro atoms. The molecule has 0 rings (SSSR count). The van der Waals surface area contributed by atoms with E-state index in [2.05, 4.69) is 0 Å². The van der Waals surface area contributed by atoms with E-state index in [9.17, 15) is 13.2 Å². The minimum absolute atomic E-state index is 0. The molecule has 0 bridgehead atoms. The van der Waals surface area contributed by atoms with E-state index in [1.165, 1.54) is 38.5 Å². The molecule has 0 aliphatic rings. The van der Waals surface area contributed by atoms with E-state index in [1.54, 1.807) is 0 Å². The Hall–Kier alpha value is 0.380. The second-order valence-electron chi connectivity index (χ2n) is 6.03. The Bertz CT molecular complexity index is 377. The van der Waals surface area contributed by atoms with Gasteiger partial charge in [-0.25, -0.2) is 0 Å². The van der Waals surface area contributed by atoms with Gasteiger partial charge in [0.05, 0.1) is 5.75 Å². The van der Waals surface area contributed by atoms with Crippen molar-refractivity contribution in [1.29, 1.82) is 0 Å².